The third kappa shape index (κ3) is 7.14. The van der Waals surface area contributed by atoms with Crippen molar-refractivity contribution in [3.63, 3.8) is 0 Å². The molecule has 2 amide bonds. The molecular formula is C13H20N4O4. The summed E-state index contributed by atoms with van der Waals surface area (Å²) in [4.78, 5) is 23.1. The number of ether oxygens (including phenoxy) is 1. The fourth-order valence-corrected chi connectivity index (χ4v) is 1.73. The highest BCUT2D eigenvalue weighted by atomic mass is 16.5. The van der Waals surface area contributed by atoms with Crippen LogP contribution in [0.1, 0.15) is 0 Å². The van der Waals surface area contributed by atoms with Crippen LogP contribution in [-0.4, -0.2) is 54.2 Å². The van der Waals surface area contributed by atoms with Crippen LogP contribution in [0.25, 0.3) is 0 Å². The van der Waals surface area contributed by atoms with Crippen molar-refractivity contribution in [2.45, 2.75) is 6.10 Å². The first-order valence-electron chi connectivity index (χ1n) is 6.32. The minimum atomic E-state index is -0.902. The Kier molecular flexibility index (Phi) is 6.44. The second kappa shape index (κ2) is 8.08. The largest absolute Gasteiger partial charge is 0.491 e. The van der Waals surface area contributed by atoms with E-state index < -0.39 is 17.9 Å². The van der Waals surface area contributed by atoms with E-state index in [4.69, 9.17) is 21.9 Å². The van der Waals surface area contributed by atoms with Crippen LogP contribution in [0.2, 0.25) is 0 Å². The number of benzene rings is 1. The number of carbonyl (C=O) groups excluding carboxylic acids is 2. The molecular weight excluding hydrogens is 276 g/mol. The van der Waals surface area contributed by atoms with Crippen molar-refractivity contribution < 1.29 is 19.4 Å². The van der Waals surface area contributed by atoms with Gasteiger partial charge in [-0.05, 0) is 24.3 Å². The van der Waals surface area contributed by atoms with Crippen molar-refractivity contribution in [2.75, 3.05) is 32.0 Å². The van der Waals surface area contributed by atoms with E-state index in [-0.39, 0.29) is 26.2 Å². The maximum Gasteiger partial charge on any atom is 0.231 e. The monoisotopic (exact) mass is 296 g/mol. The standard InChI is InChI=1S/C13H20N4O4/c14-9-1-3-11(4-2-9)21-8-10(18)5-17(6-12(15)19)7-13(16)20/h1-4,10,18H,5-8,14H2,(H2,15,19)(H2,16,20). The van der Waals surface area contributed by atoms with Crippen molar-refractivity contribution >= 4 is 17.5 Å². The Morgan fingerprint density at radius 3 is 2.14 bits per heavy atom. The summed E-state index contributed by atoms with van der Waals surface area (Å²) in [6, 6.07) is 6.70. The van der Waals surface area contributed by atoms with Gasteiger partial charge in [0.25, 0.3) is 0 Å². The maximum absolute atomic E-state index is 10.9. The number of amides is 2. The molecule has 116 valence electrons. The molecule has 0 fully saturated rings. The van der Waals surface area contributed by atoms with E-state index in [0.29, 0.717) is 11.4 Å². The maximum atomic E-state index is 10.9. The molecule has 0 aliphatic rings. The number of primary amides is 2. The van der Waals surface area contributed by atoms with Gasteiger partial charge in [0.05, 0.1) is 13.1 Å². The van der Waals surface area contributed by atoms with Crippen LogP contribution in [0.4, 0.5) is 5.69 Å². The molecule has 7 N–H and O–H groups in total. The van der Waals surface area contributed by atoms with Gasteiger partial charge < -0.3 is 27.0 Å². The van der Waals surface area contributed by atoms with Crippen molar-refractivity contribution in [1.29, 1.82) is 0 Å². The highest BCUT2D eigenvalue weighted by Gasteiger charge is 2.16. The van der Waals surface area contributed by atoms with Gasteiger partial charge in [0.2, 0.25) is 11.8 Å². The van der Waals surface area contributed by atoms with Gasteiger partial charge in [-0.3, -0.25) is 14.5 Å². The molecule has 0 saturated carbocycles. The summed E-state index contributed by atoms with van der Waals surface area (Å²) in [6.45, 7) is -0.289. The van der Waals surface area contributed by atoms with Crippen molar-refractivity contribution in [3.05, 3.63) is 24.3 Å². The van der Waals surface area contributed by atoms with Crippen molar-refractivity contribution in [2.24, 2.45) is 11.5 Å². The topological polar surface area (TPSA) is 145 Å². The number of rotatable bonds is 9. The summed E-state index contributed by atoms with van der Waals surface area (Å²) in [7, 11) is 0. The smallest absolute Gasteiger partial charge is 0.231 e. The number of anilines is 1. The minimum Gasteiger partial charge on any atom is -0.491 e. The summed E-state index contributed by atoms with van der Waals surface area (Å²) >= 11 is 0. The highest BCUT2D eigenvalue weighted by Crippen LogP contribution is 2.13. The zero-order chi connectivity index (χ0) is 15.8. The molecule has 1 unspecified atom stereocenters. The summed E-state index contributed by atoms with van der Waals surface area (Å²) < 4.78 is 5.37. The average Bonchev–Trinajstić information content (AvgIpc) is 2.36. The Bertz CT molecular complexity index is 462. The second-order valence-corrected chi connectivity index (χ2v) is 4.64. The van der Waals surface area contributed by atoms with E-state index in [1.165, 1.54) is 4.90 Å². The Morgan fingerprint density at radius 2 is 1.67 bits per heavy atom. The molecule has 21 heavy (non-hydrogen) atoms. The lowest BCUT2D eigenvalue weighted by atomic mass is 10.3. The number of nitrogens with two attached hydrogens (primary N) is 3. The van der Waals surface area contributed by atoms with Crippen LogP contribution >= 0.6 is 0 Å². The van der Waals surface area contributed by atoms with Crippen LogP contribution in [-0.2, 0) is 9.59 Å². The lowest BCUT2D eigenvalue weighted by Crippen LogP contribution is -2.44. The number of nitrogens with zero attached hydrogens (tertiary/aromatic N) is 1. The zero-order valence-corrected chi connectivity index (χ0v) is 11.6. The third-order valence-corrected chi connectivity index (χ3v) is 2.55. The Labute approximate surface area is 122 Å². The number of carbonyl (C=O) groups is 2. The zero-order valence-electron chi connectivity index (χ0n) is 11.6. The number of aliphatic hydroxyl groups is 1. The first-order valence-corrected chi connectivity index (χ1v) is 6.32. The lowest BCUT2D eigenvalue weighted by molar-refractivity contribution is -0.122. The first kappa shape index (κ1) is 16.7. The van der Waals surface area contributed by atoms with E-state index in [1.807, 2.05) is 0 Å². The van der Waals surface area contributed by atoms with E-state index in [1.54, 1.807) is 24.3 Å². The van der Waals surface area contributed by atoms with Crippen LogP contribution in [0.3, 0.4) is 0 Å². The highest BCUT2D eigenvalue weighted by molar-refractivity contribution is 5.79. The molecule has 1 aromatic carbocycles. The Hall–Kier alpha value is -2.32. The van der Waals surface area contributed by atoms with Gasteiger partial charge in [-0.15, -0.1) is 0 Å². The van der Waals surface area contributed by atoms with Gasteiger partial charge in [-0.1, -0.05) is 0 Å². The van der Waals surface area contributed by atoms with E-state index in [2.05, 4.69) is 0 Å². The molecule has 8 nitrogen and oxygen atoms in total. The quantitative estimate of drug-likeness (QED) is 0.399. The number of hydrogen-bond acceptors (Lipinski definition) is 6. The van der Waals surface area contributed by atoms with Crippen LogP contribution in [0.15, 0.2) is 24.3 Å². The predicted molar refractivity (Wildman–Crippen MR) is 77.2 cm³/mol. The van der Waals surface area contributed by atoms with Crippen molar-refractivity contribution in [3.8, 4) is 5.75 Å². The van der Waals surface area contributed by atoms with Gasteiger partial charge in [-0.25, -0.2) is 0 Å². The average molecular weight is 296 g/mol. The van der Waals surface area contributed by atoms with Gasteiger partial charge in [0.1, 0.15) is 18.5 Å². The van der Waals surface area contributed by atoms with Crippen molar-refractivity contribution in [1.82, 2.24) is 4.90 Å². The predicted octanol–water partition coefficient (Wildman–Crippen LogP) is -1.72. The van der Waals surface area contributed by atoms with Crippen LogP contribution < -0.4 is 21.9 Å². The number of aliphatic hydroxyl groups excluding tert-OH is 1. The molecule has 0 heterocycles. The molecule has 0 bridgehead atoms. The Balaban J connectivity index is 2.45. The first-order chi connectivity index (χ1) is 9.86. The number of nitrogen functional groups attached to an aromatic ring is 1. The molecule has 0 aromatic heterocycles. The molecule has 1 atom stereocenters. The van der Waals surface area contributed by atoms with Crippen LogP contribution in [0.5, 0.6) is 5.75 Å². The van der Waals surface area contributed by atoms with Gasteiger partial charge >= 0.3 is 0 Å². The van der Waals surface area contributed by atoms with Crippen LogP contribution in [0, 0.1) is 0 Å². The SMILES string of the molecule is NC(=O)CN(CC(N)=O)CC(O)COc1ccc(N)cc1. The van der Waals surface area contributed by atoms with Gasteiger partial charge in [-0.2, -0.15) is 0 Å². The molecule has 1 rings (SSSR count). The molecule has 0 aliphatic carbocycles. The minimum absolute atomic E-state index is 0.00204. The van der Waals surface area contributed by atoms with Gasteiger partial charge in [0.15, 0.2) is 0 Å². The summed E-state index contributed by atoms with van der Waals surface area (Å²) in [5.74, 6) is -0.662. The molecule has 0 radical (unpaired) electrons. The lowest BCUT2D eigenvalue weighted by Gasteiger charge is -2.22. The Morgan fingerprint density at radius 1 is 1.14 bits per heavy atom. The van der Waals surface area contributed by atoms with E-state index >= 15 is 0 Å². The second-order valence-electron chi connectivity index (χ2n) is 4.64. The summed E-state index contributed by atoms with van der Waals surface area (Å²) in [5, 5.41) is 9.87. The molecule has 0 spiro atoms. The molecule has 0 aliphatic heterocycles. The fraction of sp³-hybridized carbons (Fsp3) is 0.385. The molecule has 8 heteroatoms. The molecule has 1 aromatic rings. The fourth-order valence-electron chi connectivity index (χ4n) is 1.73. The van der Waals surface area contributed by atoms with E-state index in [9.17, 15) is 14.7 Å². The summed E-state index contributed by atoms with van der Waals surface area (Å²) in [5.41, 5.74) is 16.3. The molecule has 0 saturated heterocycles. The van der Waals surface area contributed by atoms with E-state index in [0.717, 1.165) is 0 Å². The normalized spacial score (nSPS) is 12.1. The summed E-state index contributed by atoms with van der Waals surface area (Å²) in [6.07, 6.45) is -0.902. The van der Waals surface area contributed by atoms with Gasteiger partial charge in [0, 0.05) is 12.2 Å². The number of hydrogen-bond donors (Lipinski definition) is 4. The third-order valence-electron chi connectivity index (χ3n) is 2.55.